The van der Waals surface area contributed by atoms with Crippen molar-refractivity contribution in [2.75, 3.05) is 7.11 Å². The Morgan fingerprint density at radius 3 is 2.69 bits per heavy atom. The molecule has 0 saturated carbocycles. The van der Waals surface area contributed by atoms with Gasteiger partial charge < -0.3 is 4.84 Å². The van der Waals surface area contributed by atoms with Gasteiger partial charge in [-0.15, -0.1) is 0 Å². The van der Waals surface area contributed by atoms with Crippen LogP contribution in [0.3, 0.4) is 0 Å². The van der Waals surface area contributed by atoms with Gasteiger partial charge in [0.05, 0.1) is 12.1 Å². The Balaban J connectivity index is 2.88. The minimum atomic E-state index is -0.521. The predicted molar refractivity (Wildman–Crippen MR) is 50.3 cm³/mol. The number of halogens is 3. The third-order valence-corrected chi connectivity index (χ3v) is 2.14. The van der Waals surface area contributed by atoms with Crippen molar-refractivity contribution < 1.29 is 9.23 Å². The van der Waals surface area contributed by atoms with E-state index in [0.29, 0.717) is 17.1 Å². The summed E-state index contributed by atoms with van der Waals surface area (Å²) < 4.78 is 12.8. The molecule has 0 aliphatic carbocycles. The van der Waals surface area contributed by atoms with Gasteiger partial charge in [-0.25, -0.2) is 4.39 Å². The first-order chi connectivity index (χ1) is 6.15. The number of nitrogens with one attached hydrogen (secondary N) is 1. The summed E-state index contributed by atoms with van der Waals surface area (Å²) in [6.07, 6.45) is 0. The number of hydroxylamine groups is 1. The summed E-state index contributed by atoms with van der Waals surface area (Å²) in [5, 5.41) is 0.378. The minimum absolute atomic E-state index is 0.0531. The van der Waals surface area contributed by atoms with Crippen LogP contribution in [0.4, 0.5) is 4.39 Å². The highest BCUT2D eigenvalue weighted by Crippen LogP contribution is 2.23. The Morgan fingerprint density at radius 1 is 1.38 bits per heavy atom. The smallest absolute Gasteiger partial charge is 0.143 e. The molecule has 0 amide bonds. The van der Waals surface area contributed by atoms with Crippen LogP contribution in [0.5, 0.6) is 0 Å². The van der Waals surface area contributed by atoms with E-state index in [-0.39, 0.29) is 5.02 Å². The Morgan fingerprint density at radius 2 is 2.08 bits per heavy atom. The second kappa shape index (κ2) is 4.77. The minimum Gasteiger partial charge on any atom is -0.305 e. The molecule has 1 aromatic rings. The summed E-state index contributed by atoms with van der Waals surface area (Å²) in [7, 11) is 1.49. The lowest BCUT2D eigenvalue weighted by Crippen LogP contribution is -2.11. The molecule has 0 atom stereocenters. The average Bonchev–Trinajstić information content (AvgIpc) is 2.09. The number of benzene rings is 1. The third kappa shape index (κ3) is 2.81. The molecule has 0 heterocycles. The molecule has 0 unspecified atom stereocenters. The summed E-state index contributed by atoms with van der Waals surface area (Å²) in [5.74, 6) is -0.521. The normalized spacial score (nSPS) is 10.5. The van der Waals surface area contributed by atoms with E-state index in [2.05, 4.69) is 10.3 Å². The molecule has 0 radical (unpaired) electrons. The van der Waals surface area contributed by atoms with Crippen LogP contribution in [0, 0.1) is 5.82 Å². The van der Waals surface area contributed by atoms with Gasteiger partial charge >= 0.3 is 0 Å². The largest absolute Gasteiger partial charge is 0.305 e. The van der Waals surface area contributed by atoms with Crippen molar-refractivity contribution >= 4 is 23.2 Å². The summed E-state index contributed by atoms with van der Waals surface area (Å²) in [6.45, 7) is 0.384. The molecule has 1 aromatic carbocycles. The Kier molecular flexibility index (Phi) is 3.93. The zero-order valence-corrected chi connectivity index (χ0v) is 8.42. The number of hydrogen-bond donors (Lipinski definition) is 1. The van der Waals surface area contributed by atoms with E-state index >= 15 is 0 Å². The van der Waals surface area contributed by atoms with Gasteiger partial charge in [0.2, 0.25) is 0 Å². The molecule has 13 heavy (non-hydrogen) atoms. The number of rotatable bonds is 3. The summed E-state index contributed by atoms with van der Waals surface area (Å²) >= 11 is 11.3. The zero-order chi connectivity index (χ0) is 9.84. The van der Waals surface area contributed by atoms with Crippen molar-refractivity contribution in [3.63, 3.8) is 0 Å². The van der Waals surface area contributed by atoms with Gasteiger partial charge in [0.25, 0.3) is 0 Å². The van der Waals surface area contributed by atoms with Crippen molar-refractivity contribution in [3.05, 3.63) is 33.6 Å². The molecular weight excluding hydrogens is 216 g/mol. The first-order valence-electron chi connectivity index (χ1n) is 3.54. The van der Waals surface area contributed by atoms with Crippen molar-refractivity contribution in [1.82, 2.24) is 5.48 Å². The van der Waals surface area contributed by atoms with Crippen molar-refractivity contribution in [2.45, 2.75) is 6.54 Å². The monoisotopic (exact) mass is 223 g/mol. The fraction of sp³-hybridized carbons (Fsp3) is 0.250. The topological polar surface area (TPSA) is 21.3 Å². The van der Waals surface area contributed by atoms with E-state index < -0.39 is 5.82 Å². The standard InChI is InChI=1S/C8H8Cl2FNO/c1-13-12-4-5-2-7(10)8(11)3-6(5)9/h2-3,12H,4H2,1H3. The van der Waals surface area contributed by atoms with Crippen LogP contribution >= 0.6 is 23.2 Å². The van der Waals surface area contributed by atoms with Gasteiger partial charge in [-0.1, -0.05) is 23.2 Å². The van der Waals surface area contributed by atoms with Gasteiger partial charge in [0, 0.05) is 11.6 Å². The summed E-state index contributed by atoms with van der Waals surface area (Å²) in [6, 6.07) is 2.64. The fourth-order valence-corrected chi connectivity index (χ4v) is 1.25. The van der Waals surface area contributed by atoms with Crippen LogP contribution in [0.1, 0.15) is 5.56 Å². The summed E-state index contributed by atoms with van der Waals surface area (Å²) in [5.41, 5.74) is 3.28. The molecule has 1 rings (SSSR count). The van der Waals surface area contributed by atoms with E-state index in [1.807, 2.05) is 0 Å². The highest BCUT2D eigenvalue weighted by atomic mass is 35.5. The second-order valence-corrected chi connectivity index (χ2v) is 3.20. The van der Waals surface area contributed by atoms with Gasteiger partial charge in [0.15, 0.2) is 0 Å². The van der Waals surface area contributed by atoms with Crippen molar-refractivity contribution in [3.8, 4) is 0 Å². The maximum absolute atomic E-state index is 12.8. The SMILES string of the molecule is CONCc1cc(Cl)c(F)cc1Cl. The highest BCUT2D eigenvalue weighted by molar-refractivity contribution is 6.33. The molecule has 5 heteroatoms. The van der Waals surface area contributed by atoms with Gasteiger partial charge in [-0.3, -0.25) is 0 Å². The molecule has 0 aliphatic heterocycles. The fourth-order valence-electron chi connectivity index (χ4n) is 0.849. The lowest BCUT2D eigenvalue weighted by molar-refractivity contribution is 0.0867. The first-order valence-corrected chi connectivity index (χ1v) is 4.30. The Labute approximate surface area is 85.6 Å². The Hall–Kier alpha value is -0.350. The molecule has 0 bridgehead atoms. The maximum Gasteiger partial charge on any atom is 0.143 e. The molecule has 0 aromatic heterocycles. The molecule has 0 fully saturated rings. The third-order valence-electron chi connectivity index (χ3n) is 1.50. The van der Waals surface area contributed by atoms with Gasteiger partial charge in [-0.05, 0) is 17.7 Å². The van der Waals surface area contributed by atoms with E-state index in [9.17, 15) is 4.39 Å². The maximum atomic E-state index is 12.8. The molecule has 0 saturated heterocycles. The summed E-state index contributed by atoms with van der Waals surface area (Å²) in [4.78, 5) is 4.63. The van der Waals surface area contributed by atoms with Crippen LogP contribution in [0.15, 0.2) is 12.1 Å². The van der Waals surface area contributed by atoms with Crippen LogP contribution in [-0.4, -0.2) is 7.11 Å². The van der Waals surface area contributed by atoms with E-state index in [0.717, 1.165) is 0 Å². The van der Waals surface area contributed by atoms with Crippen molar-refractivity contribution in [2.24, 2.45) is 0 Å². The molecular formula is C8H8Cl2FNO. The number of hydrogen-bond acceptors (Lipinski definition) is 2. The van der Waals surface area contributed by atoms with E-state index in [1.54, 1.807) is 0 Å². The van der Waals surface area contributed by atoms with Crippen LogP contribution in [0.25, 0.3) is 0 Å². The van der Waals surface area contributed by atoms with Crippen LogP contribution in [0.2, 0.25) is 10.0 Å². The predicted octanol–water partition coefficient (Wildman–Crippen LogP) is 2.78. The van der Waals surface area contributed by atoms with Gasteiger partial charge in [-0.2, -0.15) is 5.48 Å². The molecule has 0 aliphatic rings. The van der Waals surface area contributed by atoms with E-state index in [4.69, 9.17) is 23.2 Å². The van der Waals surface area contributed by atoms with Crippen LogP contribution in [-0.2, 0) is 11.4 Å². The zero-order valence-electron chi connectivity index (χ0n) is 6.90. The first kappa shape index (κ1) is 10.7. The lowest BCUT2D eigenvalue weighted by atomic mass is 10.2. The van der Waals surface area contributed by atoms with Crippen LogP contribution < -0.4 is 5.48 Å². The molecule has 72 valence electrons. The molecule has 2 nitrogen and oxygen atoms in total. The second-order valence-electron chi connectivity index (χ2n) is 2.38. The average molecular weight is 224 g/mol. The Bertz CT molecular complexity index is 306. The molecule has 1 N–H and O–H groups in total. The van der Waals surface area contributed by atoms with Gasteiger partial charge in [0.1, 0.15) is 5.82 Å². The quantitative estimate of drug-likeness (QED) is 0.629. The van der Waals surface area contributed by atoms with Crippen molar-refractivity contribution in [1.29, 1.82) is 0 Å². The lowest BCUT2D eigenvalue weighted by Gasteiger charge is -2.05. The molecule has 0 spiro atoms. The highest BCUT2D eigenvalue weighted by Gasteiger charge is 2.06. The van der Waals surface area contributed by atoms with E-state index in [1.165, 1.54) is 19.2 Å².